The lowest BCUT2D eigenvalue weighted by molar-refractivity contribution is 0.0879. The maximum absolute atomic E-state index is 12.9. The molecule has 7 nitrogen and oxygen atoms in total. The number of hydrogen-bond acceptors (Lipinski definition) is 6. The summed E-state index contributed by atoms with van der Waals surface area (Å²) in [6.45, 7) is 5.73. The summed E-state index contributed by atoms with van der Waals surface area (Å²) in [5.74, 6) is 1.23. The largest absolute Gasteiger partial charge is 0.491 e. The Morgan fingerprint density at radius 3 is 2.63 bits per heavy atom. The van der Waals surface area contributed by atoms with Crippen LogP contribution < -0.4 is 10.3 Å². The summed E-state index contributed by atoms with van der Waals surface area (Å²) in [6.07, 6.45) is -0.926. The number of aryl methyl sites for hydroxylation is 3. The minimum atomic E-state index is -0.926. The van der Waals surface area contributed by atoms with Gasteiger partial charge < -0.3 is 14.4 Å². The van der Waals surface area contributed by atoms with Gasteiger partial charge in [-0.25, -0.2) is 4.68 Å². The molecule has 0 saturated carbocycles. The summed E-state index contributed by atoms with van der Waals surface area (Å²) in [7, 11) is 0. The summed E-state index contributed by atoms with van der Waals surface area (Å²) in [6, 6.07) is 15.4. The van der Waals surface area contributed by atoms with E-state index < -0.39 is 11.7 Å². The van der Waals surface area contributed by atoms with E-state index >= 15 is 0 Å². The van der Waals surface area contributed by atoms with Crippen LogP contribution in [-0.4, -0.2) is 32.8 Å². The van der Waals surface area contributed by atoms with Crippen LogP contribution in [-0.2, 0) is 6.54 Å². The molecule has 2 aromatic carbocycles. The van der Waals surface area contributed by atoms with Crippen molar-refractivity contribution in [3.05, 3.63) is 75.8 Å². The molecule has 154 valence electrons. The normalized spacial score (nSPS) is 12.3. The first-order valence-electron chi connectivity index (χ1n) is 9.74. The van der Waals surface area contributed by atoms with E-state index in [0.29, 0.717) is 22.6 Å². The third kappa shape index (κ3) is 3.84. The smallest absolute Gasteiger partial charge is 0.296 e. The molecule has 0 saturated heterocycles. The fourth-order valence-electron chi connectivity index (χ4n) is 3.46. The Hall–Kier alpha value is -3.45. The van der Waals surface area contributed by atoms with E-state index in [2.05, 4.69) is 10.3 Å². The molecule has 0 amide bonds. The van der Waals surface area contributed by atoms with Crippen LogP contribution in [0.2, 0.25) is 0 Å². The fourth-order valence-corrected chi connectivity index (χ4v) is 3.46. The van der Waals surface area contributed by atoms with Crippen molar-refractivity contribution in [3.63, 3.8) is 0 Å². The van der Waals surface area contributed by atoms with Crippen molar-refractivity contribution in [2.45, 2.75) is 33.4 Å². The van der Waals surface area contributed by atoms with Crippen LogP contribution in [0.15, 0.2) is 57.8 Å². The van der Waals surface area contributed by atoms with Crippen LogP contribution in [0, 0.1) is 20.8 Å². The zero-order chi connectivity index (χ0) is 21.3. The second-order valence-corrected chi connectivity index (χ2v) is 7.40. The van der Waals surface area contributed by atoms with Gasteiger partial charge in [-0.1, -0.05) is 53.2 Å². The first-order chi connectivity index (χ1) is 14.4. The first kappa shape index (κ1) is 19.8. The van der Waals surface area contributed by atoms with Gasteiger partial charge in [-0.3, -0.25) is 4.79 Å². The molecule has 2 heterocycles. The average molecular weight is 405 g/mol. The predicted octanol–water partition coefficient (Wildman–Crippen LogP) is 3.42. The molecular weight excluding hydrogens is 382 g/mol. The predicted molar refractivity (Wildman–Crippen MR) is 114 cm³/mol. The van der Waals surface area contributed by atoms with E-state index in [1.807, 2.05) is 62.4 Å². The van der Waals surface area contributed by atoms with E-state index in [4.69, 9.17) is 9.26 Å². The lowest BCUT2D eigenvalue weighted by atomic mass is 10.1. The van der Waals surface area contributed by atoms with Crippen LogP contribution in [0.5, 0.6) is 5.75 Å². The highest BCUT2D eigenvalue weighted by Gasteiger charge is 2.20. The Balaban J connectivity index is 1.62. The molecule has 1 unspecified atom stereocenters. The van der Waals surface area contributed by atoms with Gasteiger partial charge in [0.25, 0.3) is 5.56 Å². The van der Waals surface area contributed by atoms with Gasteiger partial charge >= 0.3 is 0 Å². The Morgan fingerprint density at radius 2 is 1.90 bits per heavy atom. The van der Waals surface area contributed by atoms with Gasteiger partial charge in [0.15, 0.2) is 5.52 Å². The van der Waals surface area contributed by atoms with Gasteiger partial charge in [-0.15, -0.1) is 0 Å². The number of aromatic nitrogens is 3. The highest BCUT2D eigenvalue weighted by molar-refractivity contribution is 5.92. The number of fused-ring (bicyclic) bond motifs is 1. The highest BCUT2D eigenvalue weighted by Crippen LogP contribution is 2.27. The van der Waals surface area contributed by atoms with E-state index in [-0.39, 0.29) is 18.7 Å². The number of benzene rings is 2. The molecule has 7 heteroatoms. The van der Waals surface area contributed by atoms with Crippen LogP contribution >= 0.6 is 0 Å². The standard InChI is InChI=1S/C23H23N3O4/c1-14-9-10-19(15(2)11-14)29-13-18(27)12-26-23(28)22-20(16(3)30-25-22)21(24-26)17-7-5-4-6-8-17/h4-11,18,27H,12-13H2,1-3H3. The van der Waals surface area contributed by atoms with Crippen molar-refractivity contribution in [1.29, 1.82) is 0 Å². The third-order valence-corrected chi connectivity index (χ3v) is 4.95. The van der Waals surface area contributed by atoms with Crippen LogP contribution in [0.1, 0.15) is 16.9 Å². The number of aliphatic hydroxyl groups excluding tert-OH is 1. The molecule has 0 aliphatic heterocycles. The van der Waals surface area contributed by atoms with E-state index in [1.165, 1.54) is 4.68 Å². The summed E-state index contributed by atoms with van der Waals surface area (Å²) in [4.78, 5) is 12.9. The molecule has 1 atom stereocenters. The Labute approximate surface area is 173 Å². The van der Waals surface area contributed by atoms with Crippen molar-refractivity contribution in [2.24, 2.45) is 0 Å². The van der Waals surface area contributed by atoms with Crippen molar-refractivity contribution < 1.29 is 14.4 Å². The lowest BCUT2D eigenvalue weighted by Crippen LogP contribution is -2.32. The molecule has 1 N–H and O–H groups in total. The zero-order valence-corrected chi connectivity index (χ0v) is 17.1. The highest BCUT2D eigenvalue weighted by atomic mass is 16.5. The molecule has 0 spiro atoms. The second kappa shape index (κ2) is 8.12. The summed E-state index contributed by atoms with van der Waals surface area (Å²) in [5, 5.41) is 19.5. The Kier molecular flexibility index (Phi) is 5.37. The quantitative estimate of drug-likeness (QED) is 0.529. The molecular formula is C23H23N3O4. The molecule has 0 fully saturated rings. The van der Waals surface area contributed by atoms with Crippen LogP contribution in [0.3, 0.4) is 0 Å². The third-order valence-electron chi connectivity index (χ3n) is 4.95. The summed E-state index contributed by atoms with van der Waals surface area (Å²) in [5.41, 5.74) is 3.34. The molecule has 4 aromatic rings. The molecule has 30 heavy (non-hydrogen) atoms. The van der Waals surface area contributed by atoms with Gasteiger partial charge in [0.05, 0.1) is 11.9 Å². The van der Waals surface area contributed by atoms with Crippen LogP contribution in [0.25, 0.3) is 22.2 Å². The maximum Gasteiger partial charge on any atom is 0.296 e. The number of nitrogens with zero attached hydrogens (tertiary/aromatic N) is 3. The van der Waals surface area contributed by atoms with Crippen molar-refractivity contribution >= 4 is 10.9 Å². The topological polar surface area (TPSA) is 90.4 Å². The van der Waals surface area contributed by atoms with E-state index in [1.54, 1.807) is 6.92 Å². The average Bonchev–Trinajstić information content (AvgIpc) is 3.12. The number of hydrogen-bond donors (Lipinski definition) is 1. The van der Waals surface area contributed by atoms with Gasteiger partial charge in [-0.2, -0.15) is 5.10 Å². The van der Waals surface area contributed by atoms with Gasteiger partial charge in [0, 0.05) is 5.56 Å². The van der Waals surface area contributed by atoms with Gasteiger partial charge in [-0.05, 0) is 32.4 Å². The first-order valence-corrected chi connectivity index (χ1v) is 9.74. The number of ether oxygens (including phenoxy) is 1. The number of rotatable bonds is 6. The molecule has 0 aliphatic rings. The molecule has 2 aromatic heterocycles. The Morgan fingerprint density at radius 1 is 1.13 bits per heavy atom. The molecule has 0 bridgehead atoms. The molecule has 0 aliphatic carbocycles. The minimum absolute atomic E-state index is 0.0224. The Bertz CT molecular complexity index is 1240. The fraction of sp³-hybridized carbons (Fsp3) is 0.261. The maximum atomic E-state index is 12.9. The second-order valence-electron chi connectivity index (χ2n) is 7.40. The van der Waals surface area contributed by atoms with Gasteiger partial charge in [0.1, 0.15) is 29.9 Å². The minimum Gasteiger partial charge on any atom is -0.491 e. The molecule has 0 radical (unpaired) electrons. The van der Waals surface area contributed by atoms with E-state index in [0.717, 1.165) is 16.7 Å². The van der Waals surface area contributed by atoms with Crippen LogP contribution in [0.4, 0.5) is 0 Å². The number of aliphatic hydroxyl groups is 1. The van der Waals surface area contributed by atoms with Crippen molar-refractivity contribution in [2.75, 3.05) is 6.61 Å². The lowest BCUT2D eigenvalue weighted by Gasteiger charge is -2.15. The van der Waals surface area contributed by atoms with Crippen molar-refractivity contribution in [1.82, 2.24) is 14.9 Å². The summed E-state index contributed by atoms with van der Waals surface area (Å²) >= 11 is 0. The molecule has 4 rings (SSSR count). The zero-order valence-electron chi connectivity index (χ0n) is 17.1. The van der Waals surface area contributed by atoms with Gasteiger partial charge in [0.2, 0.25) is 0 Å². The van der Waals surface area contributed by atoms with E-state index in [9.17, 15) is 9.90 Å². The summed E-state index contributed by atoms with van der Waals surface area (Å²) < 4.78 is 12.2. The SMILES string of the molecule is Cc1ccc(OCC(O)Cn2nc(-c3ccccc3)c3c(C)onc3c2=O)c(C)c1. The monoisotopic (exact) mass is 405 g/mol. The van der Waals surface area contributed by atoms with Crippen molar-refractivity contribution in [3.8, 4) is 17.0 Å².